The van der Waals surface area contributed by atoms with Crippen LogP contribution in [0.5, 0.6) is 0 Å². The second kappa shape index (κ2) is 5.39. The van der Waals surface area contributed by atoms with Crippen LogP contribution in [-0.4, -0.2) is 38.4 Å². The number of fused-ring (bicyclic) bond motifs is 2. The van der Waals surface area contributed by atoms with Crippen LogP contribution in [0.4, 0.5) is 0 Å². The SMILES string of the molecule is O=C(c1cn(Cc2ccccc2Cl)nn1)N1CC2CCC1C2. The van der Waals surface area contributed by atoms with E-state index in [2.05, 4.69) is 10.3 Å². The number of nitrogens with zero attached hydrogens (tertiary/aromatic N) is 4. The fourth-order valence-electron chi connectivity index (χ4n) is 3.60. The first kappa shape index (κ1) is 13.8. The summed E-state index contributed by atoms with van der Waals surface area (Å²) in [4.78, 5) is 14.5. The molecule has 2 unspecified atom stereocenters. The van der Waals surface area contributed by atoms with Gasteiger partial charge in [0.2, 0.25) is 0 Å². The van der Waals surface area contributed by atoms with Crippen LogP contribution < -0.4 is 0 Å². The lowest BCUT2D eigenvalue weighted by Crippen LogP contribution is -2.37. The fraction of sp³-hybridized carbons (Fsp3) is 0.438. The summed E-state index contributed by atoms with van der Waals surface area (Å²) in [5.74, 6) is 0.699. The number of likely N-dealkylation sites (tertiary alicyclic amines) is 1. The lowest BCUT2D eigenvalue weighted by Gasteiger charge is -2.25. The average molecular weight is 317 g/mol. The van der Waals surface area contributed by atoms with Crippen molar-refractivity contribution in [2.75, 3.05) is 6.54 Å². The Morgan fingerprint density at radius 1 is 1.32 bits per heavy atom. The summed E-state index contributed by atoms with van der Waals surface area (Å²) < 4.78 is 1.67. The van der Waals surface area contributed by atoms with Crippen LogP contribution in [0, 0.1) is 5.92 Å². The highest BCUT2D eigenvalue weighted by atomic mass is 35.5. The molecule has 22 heavy (non-hydrogen) atoms. The molecule has 1 amide bonds. The lowest BCUT2D eigenvalue weighted by atomic mass is 10.1. The van der Waals surface area contributed by atoms with Gasteiger partial charge in [0, 0.05) is 17.6 Å². The highest BCUT2D eigenvalue weighted by Gasteiger charge is 2.41. The largest absolute Gasteiger partial charge is 0.334 e. The molecule has 2 aliphatic rings. The predicted molar refractivity (Wildman–Crippen MR) is 82.7 cm³/mol. The quantitative estimate of drug-likeness (QED) is 0.874. The van der Waals surface area contributed by atoms with Crippen molar-refractivity contribution in [3.05, 3.63) is 46.7 Å². The monoisotopic (exact) mass is 316 g/mol. The van der Waals surface area contributed by atoms with Gasteiger partial charge in [0.15, 0.2) is 5.69 Å². The highest BCUT2D eigenvalue weighted by Crippen LogP contribution is 2.37. The normalized spacial score (nSPS) is 23.2. The first-order valence-corrected chi connectivity index (χ1v) is 8.03. The average Bonchev–Trinajstić information content (AvgIpc) is 3.25. The van der Waals surface area contributed by atoms with Crippen molar-refractivity contribution in [1.82, 2.24) is 19.9 Å². The molecule has 1 aliphatic heterocycles. The third-order valence-corrected chi connectivity index (χ3v) is 5.09. The van der Waals surface area contributed by atoms with Crippen molar-refractivity contribution in [3.63, 3.8) is 0 Å². The maximum atomic E-state index is 12.6. The van der Waals surface area contributed by atoms with E-state index in [4.69, 9.17) is 11.6 Å². The summed E-state index contributed by atoms with van der Waals surface area (Å²) in [6, 6.07) is 8.04. The van der Waals surface area contributed by atoms with Crippen molar-refractivity contribution < 1.29 is 4.79 Å². The van der Waals surface area contributed by atoms with E-state index >= 15 is 0 Å². The van der Waals surface area contributed by atoms with Crippen LogP contribution in [-0.2, 0) is 6.54 Å². The van der Waals surface area contributed by atoms with Gasteiger partial charge >= 0.3 is 0 Å². The Labute approximate surface area is 133 Å². The molecule has 1 aromatic carbocycles. The number of carbonyl (C=O) groups is 1. The number of hydrogen-bond acceptors (Lipinski definition) is 3. The smallest absolute Gasteiger partial charge is 0.276 e. The van der Waals surface area contributed by atoms with Crippen molar-refractivity contribution >= 4 is 17.5 Å². The third-order valence-electron chi connectivity index (χ3n) is 4.72. The van der Waals surface area contributed by atoms with E-state index in [1.54, 1.807) is 10.9 Å². The number of halogens is 1. The van der Waals surface area contributed by atoms with Crippen molar-refractivity contribution in [3.8, 4) is 0 Å². The summed E-state index contributed by atoms with van der Waals surface area (Å²) in [5, 5.41) is 8.81. The fourth-order valence-corrected chi connectivity index (χ4v) is 3.79. The Morgan fingerprint density at radius 3 is 2.91 bits per heavy atom. The Hall–Kier alpha value is -1.88. The number of piperidine rings is 1. The van der Waals surface area contributed by atoms with E-state index in [0.29, 0.717) is 29.2 Å². The van der Waals surface area contributed by atoms with Crippen molar-refractivity contribution in [2.24, 2.45) is 5.92 Å². The van der Waals surface area contributed by atoms with E-state index in [1.807, 2.05) is 29.2 Å². The molecule has 2 bridgehead atoms. The molecule has 2 heterocycles. The molecule has 0 N–H and O–H groups in total. The lowest BCUT2D eigenvalue weighted by molar-refractivity contribution is 0.0697. The molecule has 4 rings (SSSR count). The van der Waals surface area contributed by atoms with Gasteiger partial charge < -0.3 is 4.90 Å². The zero-order valence-electron chi connectivity index (χ0n) is 12.2. The van der Waals surface area contributed by atoms with Gasteiger partial charge in [-0.05, 0) is 36.8 Å². The molecule has 0 radical (unpaired) electrons. The summed E-state index contributed by atoms with van der Waals surface area (Å²) in [6.07, 6.45) is 5.26. The number of amides is 1. The minimum absolute atomic E-state index is 0.0117. The van der Waals surface area contributed by atoms with Gasteiger partial charge in [0.25, 0.3) is 5.91 Å². The Morgan fingerprint density at radius 2 is 2.18 bits per heavy atom. The molecule has 5 nitrogen and oxygen atoms in total. The molecule has 0 spiro atoms. The summed E-state index contributed by atoms with van der Waals surface area (Å²) in [5.41, 5.74) is 1.40. The number of aromatic nitrogens is 3. The van der Waals surface area contributed by atoms with E-state index < -0.39 is 0 Å². The first-order valence-electron chi connectivity index (χ1n) is 7.65. The van der Waals surface area contributed by atoms with Gasteiger partial charge in [-0.2, -0.15) is 0 Å². The Balaban J connectivity index is 1.50. The zero-order chi connectivity index (χ0) is 15.1. The summed E-state index contributed by atoms with van der Waals surface area (Å²) in [7, 11) is 0. The molecule has 1 saturated carbocycles. The number of rotatable bonds is 3. The molecule has 1 aromatic heterocycles. The van der Waals surface area contributed by atoms with Crippen LogP contribution in [0.15, 0.2) is 30.5 Å². The molecule has 2 aromatic rings. The second-order valence-corrected chi connectivity index (χ2v) is 6.59. The molecular formula is C16H17ClN4O. The maximum Gasteiger partial charge on any atom is 0.276 e. The van der Waals surface area contributed by atoms with E-state index in [0.717, 1.165) is 24.9 Å². The third kappa shape index (κ3) is 2.39. The molecular weight excluding hydrogens is 300 g/mol. The minimum Gasteiger partial charge on any atom is -0.334 e. The Kier molecular flexibility index (Phi) is 3.37. The van der Waals surface area contributed by atoms with Gasteiger partial charge in [0.05, 0.1) is 12.7 Å². The topological polar surface area (TPSA) is 51.0 Å². The van der Waals surface area contributed by atoms with Gasteiger partial charge in [-0.15, -0.1) is 5.10 Å². The number of hydrogen-bond donors (Lipinski definition) is 0. The minimum atomic E-state index is 0.0117. The van der Waals surface area contributed by atoms with Crippen LogP contribution in [0.1, 0.15) is 35.3 Å². The molecule has 114 valence electrons. The summed E-state index contributed by atoms with van der Waals surface area (Å²) in [6.45, 7) is 1.40. The number of benzene rings is 1. The highest BCUT2D eigenvalue weighted by molar-refractivity contribution is 6.31. The van der Waals surface area contributed by atoms with E-state index in [1.165, 1.54) is 6.42 Å². The molecule has 2 fully saturated rings. The van der Waals surface area contributed by atoms with Gasteiger partial charge in [-0.3, -0.25) is 4.79 Å². The zero-order valence-corrected chi connectivity index (χ0v) is 12.9. The second-order valence-electron chi connectivity index (χ2n) is 6.18. The molecule has 6 heteroatoms. The number of carbonyl (C=O) groups excluding carboxylic acids is 1. The summed E-state index contributed by atoms with van der Waals surface area (Å²) >= 11 is 6.15. The van der Waals surface area contributed by atoms with Gasteiger partial charge in [-0.1, -0.05) is 35.0 Å². The first-order chi connectivity index (χ1) is 10.7. The maximum absolute atomic E-state index is 12.6. The van der Waals surface area contributed by atoms with Crippen LogP contribution in [0.2, 0.25) is 5.02 Å². The van der Waals surface area contributed by atoms with E-state index in [9.17, 15) is 4.79 Å². The van der Waals surface area contributed by atoms with Crippen molar-refractivity contribution in [2.45, 2.75) is 31.8 Å². The van der Waals surface area contributed by atoms with Gasteiger partial charge in [-0.25, -0.2) is 4.68 Å². The molecule has 1 saturated heterocycles. The van der Waals surface area contributed by atoms with Crippen LogP contribution in [0.3, 0.4) is 0 Å². The molecule has 1 aliphatic carbocycles. The van der Waals surface area contributed by atoms with Crippen LogP contribution in [0.25, 0.3) is 0 Å². The predicted octanol–water partition coefficient (Wildman–Crippen LogP) is 2.60. The van der Waals surface area contributed by atoms with Crippen molar-refractivity contribution in [1.29, 1.82) is 0 Å². The standard InChI is InChI=1S/C16H17ClN4O/c17-14-4-2-1-3-12(14)9-20-10-15(18-19-20)16(22)21-8-11-5-6-13(21)7-11/h1-4,10-11,13H,5-9H2. The van der Waals surface area contributed by atoms with E-state index in [-0.39, 0.29) is 5.91 Å². The molecule has 2 atom stereocenters. The van der Waals surface area contributed by atoms with Gasteiger partial charge in [0.1, 0.15) is 0 Å². The Bertz CT molecular complexity index is 714. The van der Waals surface area contributed by atoms with Crippen LogP contribution >= 0.6 is 11.6 Å².